The Morgan fingerprint density at radius 3 is 2.09 bits per heavy atom. The van der Waals surface area contributed by atoms with Crippen molar-refractivity contribution in [1.82, 2.24) is 4.98 Å². The monoisotopic (exact) mass is 480 g/mol. The highest BCUT2D eigenvalue weighted by atomic mass is 19.4. The highest BCUT2D eigenvalue weighted by Gasteiger charge is 2.52. The number of halogens is 3. The molecule has 0 radical (unpaired) electrons. The fraction of sp³-hybridized carbons (Fsp3) is 0.259. The van der Waals surface area contributed by atoms with Crippen molar-refractivity contribution >= 4 is 23.3 Å². The molecule has 1 aliphatic rings. The topological polar surface area (TPSA) is 67.3 Å². The molecule has 1 amide bonds. The summed E-state index contributed by atoms with van der Waals surface area (Å²) in [6.07, 6.45) is -3.99. The number of hydrogen-bond acceptors (Lipinski definition) is 4. The third-order valence-corrected chi connectivity index (χ3v) is 6.19. The summed E-state index contributed by atoms with van der Waals surface area (Å²) in [5.41, 5.74) is 1.75. The lowest BCUT2D eigenvalue weighted by atomic mass is 9.85. The van der Waals surface area contributed by atoms with E-state index in [2.05, 4.69) is 4.98 Å². The smallest absolute Gasteiger partial charge is 0.293 e. The van der Waals surface area contributed by atoms with Crippen LogP contribution < -0.4 is 4.90 Å². The minimum Gasteiger partial charge on any atom is -0.293 e. The predicted octanol–water partition coefficient (Wildman–Crippen LogP) is 5.69. The van der Waals surface area contributed by atoms with Crippen molar-refractivity contribution in [1.29, 1.82) is 0 Å². The van der Waals surface area contributed by atoms with Gasteiger partial charge in [-0.3, -0.25) is 19.3 Å². The first-order valence-electron chi connectivity index (χ1n) is 11.1. The number of anilines is 1. The van der Waals surface area contributed by atoms with Gasteiger partial charge >= 0.3 is 6.18 Å². The largest absolute Gasteiger partial charge is 0.417 e. The number of rotatable bonds is 5. The van der Waals surface area contributed by atoms with Crippen molar-refractivity contribution in [3.05, 3.63) is 94.7 Å². The Hall–Kier alpha value is -3.81. The second-order valence-electron chi connectivity index (χ2n) is 8.92. The summed E-state index contributed by atoms with van der Waals surface area (Å²) in [6.45, 7) is 5.88. The number of carbonyl (C=O) groups excluding carboxylic acids is 3. The van der Waals surface area contributed by atoms with E-state index in [9.17, 15) is 27.6 Å². The zero-order chi connectivity index (χ0) is 25.5. The molecule has 5 nitrogen and oxygen atoms in total. The van der Waals surface area contributed by atoms with Gasteiger partial charge in [-0.05, 0) is 36.1 Å². The molecule has 0 N–H and O–H groups in total. The number of hydrogen-bond donors (Lipinski definition) is 0. The number of alkyl halides is 3. The predicted molar refractivity (Wildman–Crippen MR) is 124 cm³/mol. The van der Waals surface area contributed by atoms with E-state index in [1.165, 1.54) is 0 Å². The maximum Gasteiger partial charge on any atom is 0.417 e. The van der Waals surface area contributed by atoms with Crippen LogP contribution in [0.15, 0.2) is 66.9 Å². The van der Waals surface area contributed by atoms with Gasteiger partial charge in [-0.1, -0.05) is 67.9 Å². The van der Waals surface area contributed by atoms with E-state index in [0.717, 1.165) is 28.2 Å². The number of benzene rings is 2. The maximum absolute atomic E-state index is 13.5. The summed E-state index contributed by atoms with van der Waals surface area (Å²) in [4.78, 5) is 44.6. The number of aryl methyl sites for hydroxylation is 1. The van der Waals surface area contributed by atoms with Crippen LogP contribution in [0.4, 0.5) is 19.0 Å². The highest BCUT2D eigenvalue weighted by molar-refractivity contribution is 6.48. The maximum atomic E-state index is 13.5. The average Bonchev–Trinajstić information content (AvgIpc) is 3.09. The van der Waals surface area contributed by atoms with Crippen molar-refractivity contribution in [2.75, 3.05) is 4.90 Å². The normalized spacial score (nSPS) is 18.4. The Morgan fingerprint density at radius 1 is 0.943 bits per heavy atom. The summed E-state index contributed by atoms with van der Waals surface area (Å²) in [6, 6.07) is 14.6. The van der Waals surface area contributed by atoms with Gasteiger partial charge in [0, 0.05) is 11.8 Å². The van der Waals surface area contributed by atoms with Gasteiger partial charge in [0.2, 0.25) is 5.78 Å². The Balaban J connectivity index is 1.82. The number of Topliss-reactive ketones (excluding diaryl/α,β-unsaturated/α-hetero) is 2. The van der Waals surface area contributed by atoms with Gasteiger partial charge in [-0.2, -0.15) is 13.2 Å². The first-order valence-corrected chi connectivity index (χ1v) is 11.1. The molecule has 0 saturated carbocycles. The van der Waals surface area contributed by atoms with Crippen LogP contribution in [0.3, 0.4) is 0 Å². The van der Waals surface area contributed by atoms with Crippen LogP contribution in [0.2, 0.25) is 0 Å². The number of nitrogens with zero attached hydrogens (tertiary/aromatic N) is 2. The zero-order valence-electron chi connectivity index (χ0n) is 19.3. The minimum atomic E-state index is -4.60. The molecular formula is C27H23F3N2O3. The van der Waals surface area contributed by atoms with Crippen LogP contribution in [0.5, 0.6) is 0 Å². The molecule has 8 heteroatoms. The summed E-state index contributed by atoms with van der Waals surface area (Å²) in [7, 11) is 0. The van der Waals surface area contributed by atoms with E-state index in [4.69, 9.17) is 0 Å². The third kappa shape index (κ3) is 4.60. The Bertz CT molecular complexity index is 1270. The van der Waals surface area contributed by atoms with Crippen LogP contribution in [-0.2, 0) is 15.8 Å². The van der Waals surface area contributed by atoms with Gasteiger partial charge in [0.25, 0.3) is 5.91 Å². The first-order chi connectivity index (χ1) is 16.5. The van der Waals surface area contributed by atoms with Crippen LogP contribution in [0.25, 0.3) is 0 Å². The fourth-order valence-corrected chi connectivity index (χ4v) is 4.19. The summed E-state index contributed by atoms with van der Waals surface area (Å²) in [5, 5.41) is 0. The van der Waals surface area contributed by atoms with Gasteiger partial charge in [-0.25, -0.2) is 4.98 Å². The van der Waals surface area contributed by atoms with Gasteiger partial charge in [0.15, 0.2) is 5.78 Å². The lowest BCUT2D eigenvalue weighted by Gasteiger charge is -2.27. The number of amides is 1. The quantitative estimate of drug-likeness (QED) is 0.267. The molecule has 2 heterocycles. The second-order valence-corrected chi connectivity index (χ2v) is 8.92. The molecule has 180 valence electrons. The minimum absolute atomic E-state index is 0.131. The molecular weight excluding hydrogens is 457 g/mol. The van der Waals surface area contributed by atoms with Crippen molar-refractivity contribution in [3.8, 4) is 0 Å². The van der Waals surface area contributed by atoms with Crippen LogP contribution in [-0.4, -0.2) is 22.5 Å². The molecule has 35 heavy (non-hydrogen) atoms. The molecule has 1 fully saturated rings. The fourth-order valence-electron chi connectivity index (χ4n) is 4.19. The lowest BCUT2D eigenvalue weighted by molar-refractivity contribution is -0.137. The van der Waals surface area contributed by atoms with Gasteiger partial charge in [-0.15, -0.1) is 0 Å². The van der Waals surface area contributed by atoms with Crippen molar-refractivity contribution < 1.29 is 27.6 Å². The Kier molecular flexibility index (Phi) is 6.32. The molecule has 2 atom stereocenters. The van der Waals surface area contributed by atoms with Crippen LogP contribution in [0, 0.1) is 12.8 Å². The van der Waals surface area contributed by atoms with Crippen molar-refractivity contribution in [2.45, 2.75) is 38.9 Å². The molecule has 1 aliphatic heterocycles. The molecule has 1 aromatic heterocycles. The molecule has 0 aliphatic carbocycles. The van der Waals surface area contributed by atoms with E-state index in [-0.39, 0.29) is 17.3 Å². The van der Waals surface area contributed by atoms with Crippen molar-refractivity contribution in [2.24, 2.45) is 5.92 Å². The van der Waals surface area contributed by atoms with Gasteiger partial charge < -0.3 is 0 Å². The van der Waals surface area contributed by atoms with E-state index < -0.39 is 41.2 Å². The zero-order valence-corrected chi connectivity index (χ0v) is 19.3. The lowest BCUT2D eigenvalue weighted by Crippen LogP contribution is -2.31. The molecule has 1 saturated heterocycles. The Labute approximate surface area is 200 Å². The highest BCUT2D eigenvalue weighted by Crippen LogP contribution is 2.41. The number of carbonyl (C=O) groups is 3. The van der Waals surface area contributed by atoms with E-state index >= 15 is 0 Å². The number of ketones is 2. The van der Waals surface area contributed by atoms with Gasteiger partial charge in [0.05, 0.1) is 11.6 Å². The number of pyridine rings is 1. The van der Waals surface area contributed by atoms with Crippen LogP contribution >= 0.6 is 0 Å². The van der Waals surface area contributed by atoms with Crippen molar-refractivity contribution in [3.63, 3.8) is 0 Å². The van der Waals surface area contributed by atoms with Crippen LogP contribution in [0.1, 0.15) is 58.4 Å². The second kappa shape index (κ2) is 9.09. The first kappa shape index (κ1) is 24.3. The summed E-state index contributed by atoms with van der Waals surface area (Å²) >= 11 is 0. The molecule has 3 aromatic rings. The molecule has 0 bridgehead atoms. The molecule has 4 rings (SSSR count). The molecule has 2 unspecified atom stereocenters. The summed E-state index contributed by atoms with van der Waals surface area (Å²) < 4.78 is 39.1. The van der Waals surface area contributed by atoms with E-state index in [0.29, 0.717) is 11.8 Å². The third-order valence-electron chi connectivity index (χ3n) is 6.19. The SMILES string of the molecule is Cc1ccc(C(=O)C2C(=O)C(=O)N(c3ccc(C(F)(F)F)cn3)C2c2ccc(C(C)C)cc2)cc1. The molecule has 2 aromatic carbocycles. The van der Waals surface area contributed by atoms with E-state index in [1.807, 2.05) is 32.9 Å². The van der Waals surface area contributed by atoms with Gasteiger partial charge in [0.1, 0.15) is 11.7 Å². The summed E-state index contributed by atoms with van der Waals surface area (Å²) in [5.74, 6) is -3.70. The standard InChI is InChI=1S/C27H23F3N2O3/c1-15(2)17-8-10-18(11-9-17)23-22(24(33)19-6-4-16(3)5-7-19)25(34)26(35)32(23)21-13-12-20(14-31-21)27(28,29)30/h4-15,22-23H,1-3H3. The average molecular weight is 480 g/mol. The molecule has 0 spiro atoms. The van der Waals surface area contributed by atoms with E-state index in [1.54, 1.807) is 36.4 Å². The number of aromatic nitrogens is 1. The Morgan fingerprint density at radius 2 is 1.57 bits per heavy atom.